The molecule has 5 nitrogen and oxygen atoms in total. The van der Waals surface area contributed by atoms with Crippen molar-refractivity contribution in [1.29, 1.82) is 0 Å². The van der Waals surface area contributed by atoms with Crippen molar-refractivity contribution < 1.29 is 9.34 Å². The number of nitro benzene ring substituents is 1. The SMILES string of the molecule is CC.O=[N+]([O-])c1cccc(-c2nc3ccccc3o2)c1. The van der Waals surface area contributed by atoms with Gasteiger partial charge in [0.15, 0.2) is 5.58 Å². The van der Waals surface area contributed by atoms with Gasteiger partial charge in [-0.1, -0.05) is 32.0 Å². The number of hydrogen-bond donors (Lipinski definition) is 0. The number of nitro groups is 1. The van der Waals surface area contributed by atoms with E-state index in [2.05, 4.69) is 4.98 Å². The molecule has 20 heavy (non-hydrogen) atoms. The Kier molecular flexibility index (Phi) is 4.10. The van der Waals surface area contributed by atoms with Gasteiger partial charge in [-0.05, 0) is 18.2 Å². The molecule has 0 bridgehead atoms. The molecule has 3 aromatic rings. The molecule has 2 aromatic carbocycles. The molecule has 3 rings (SSSR count). The first-order valence-electron chi connectivity index (χ1n) is 6.34. The van der Waals surface area contributed by atoms with Crippen molar-refractivity contribution in [2.24, 2.45) is 0 Å². The van der Waals surface area contributed by atoms with E-state index in [1.165, 1.54) is 12.1 Å². The molecule has 5 heteroatoms. The second kappa shape index (κ2) is 5.97. The van der Waals surface area contributed by atoms with Crippen LogP contribution in [0.25, 0.3) is 22.6 Å². The van der Waals surface area contributed by atoms with E-state index in [4.69, 9.17) is 4.42 Å². The zero-order valence-corrected chi connectivity index (χ0v) is 11.2. The zero-order valence-electron chi connectivity index (χ0n) is 11.2. The molecule has 0 unspecified atom stereocenters. The Morgan fingerprint density at radius 1 is 1.10 bits per heavy atom. The van der Waals surface area contributed by atoms with Crippen LogP contribution in [0.3, 0.4) is 0 Å². The van der Waals surface area contributed by atoms with Crippen molar-refractivity contribution in [3.63, 3.8) is 0 Å². The Morgan fingerprint density at radius 3 is 2.55 bits per heavy atom. The smallest absolute Gasteiger partial charge is 0.270 e. The van der Waals surface area contributed by atoms with Gasteiger partial charge < -0.3 is 4.42 Å². The average Bonchev–Trinajstić information content (AvgIpc) is 2.93. The lowest BCUT2D eigenvalue weighted by molar-refractivity contribution is -0.384. The van der Waals surface area contributed by atoms with Crippen LogP contribution in [-0.2, 0) is 0 Å². The molecular weight excluding hydrogens is 256 g/mol. The van der Waals surface area contributed by atoms with Gasteiger partial charge in [0.2, 0.25) is 5.89 Å². The molecule has 0 N–H and O–H groups in total. The highest BCUT2D eigenvalue weighted by molar-refractivity contribution is 5.76. The Hall–Kier alpha value is -2.69. The molecule has 1 heterocycles. The molecule has 102 valence electrons. The van der Waals surface area contributed by atoms with Crippen molar-refractivity contribution in [2.75, 3.05) is 0 Å². The standard InChI is InChI=1S/C13H8N2O3.C2H6/c16-15(17)10-5-3-4-9(8-10)13-14-11-6-1-2-7-12(11)18-13;1-2/h1-8H;1-2H3. The average molecular weight is 270 g/mol. The van der Waals surface area contributed by atoms with Gasteiger partial charge in [0.25, 0.3) is 5.69 Å². The van der Waals surface area contributed by atoms with Gasteiger partial charge in [0, 0.05) is 17.7 Å². The van der Waals surface area contributed by atoms with Gasteiger partial charge >= 0.3 is 0 Å². The number of fused-ring (bicyclic) bond motifs is 1. The van der Waals surface area contributed by atoms with Gasteiger partial charge in [-0.3, -0.25) is 10.1 Å². The van der Waals surface area contributed by atoms with E-state index in [1.807, 2.05) is 38.1 Å². The maximum atomic E-state index is 10.7. The molecule has 0 aliphatic rings. The number of hydrogen-bond acceptors (Lipinski definition) is 4. The van der Waals surface area contributed by atoms with E-state index in [0.29, 0.717) is 17.0 Å². The predicted molar refractivity (Wildman–Crippen MR) is 77.4 cm³/mol. The lowest BCUT2D eigenvalue weighted by Crippen LogP contribution is -1.87. The number of nitrogens with zero attached hydrogens (tertiary/aromatic N) is 2. The van der Waals surface area contributed by atoms with Crippen LogP contribution in [0.5, 0.6) is 0 Å². The summed E-state index contributed by atoms with van der Waals surface area (Å²) in [6.07, 6.45) is 0. The minimum atomic E-state index is -0.438. The third-order valence-corrected chi connectivity index (χ3v) is 2.60. The summed E-state index contributed by atoms with van der Waals surface area (Å²) in [5, 5.41) is 10.7. The van der Waals surface area contributed by atoms with E-state index in [1.54, 1.807) is 12.1 Å². The van der Waals surface area contributed by atoms with E-state index in [9.17, 15) is 10.1 Å². The van der Waals surface area contributed by atoms with Gasteiger partial charge in [-0.25, -0.2) is 4.98 Å². The lowest BCUT2D eigenvalue weighted by Gasteiger charge is -1.94. The highest BCUT2D eigenvalue weighted by Gasteiger charge is 2.11. The van der Waals surface area contributed by atoms with Crippen LogP contribution < -0.4 is 0 Å². The summed E-state index contributed by atoms with van der Waals surface area (Å²) in [5.74, 6) is 0.389. The molecule has 0 aliphatic heterocycles. The second-order valence-electron chi connectivity index (χ2n) is 3.79. The van der Waals surface area contributed by atoms with E-state index >= 15 is 0 Å². The largest absolute Gasteiger partial charge is 0.436 e. The number of rotatable bonds is 2. The molecule has 0 saturated carbocycles. The third kappa shape index (κ3) is 2.66. The quantitative estimate of drug-likeness (QED) is 0.510. The molecule has 0 amide bonds. The van der Waals surface area contributed by atoms with Crippen molar-refractivity contribution in [1.82, 2.24) is 4.98 Å². The molecule has 0 saturated heterocycles. The summed E-state index contributed by atoms with van der Waals surface area (Å²) < 4.78 is 5.56. The normalized spacial score (nSPS) is 9.90. The molecule has 0 radical (unpaired) electrons. The summed E-state index contributed by atoms with van der Waals surface area (Å²) in [4.78, 5) is 14.6. The van der Waals surface area contributed by atoms with E-state index < -0.39 is 4.92 Å². The first-order valence-corrected chi connectivity index (χ1v) is 6.34. The number of aromatic nitrogens is 1. The third-order valence-electron chi connectivity index (χ3n) is 2.60. The Labute approximate surface area is 116 Å². The van der Waals surface area contributed by atoms with Crippen LogP contribution in [0.2, 0.25) is 0 Å². The molecule has 0 fully saturated rings. The van der Waals surface area contributed by atoms with Gasteiger partial charge in [0.05, 0.1) is 4.92 Å². The minimum absolute atomic E-state index is 0.0229. The Balaban J connectivity index is 0.000000704. The Bertz CT molecular complexity index is 702. The van der Waals surface area contributed by atoms with Crippen molar-refractivity contribution in [2.45, 2.75) is 13.8 Å². The van der Waals surface area contributed by atoms with Crippen LogP contribution >= 0.6 is 0 Å². The highest BCUT2D eigenvalue weighted by Crippen LogP contribution is 2.26. The van der Waals surface area contributed by atoms with Crippen LogP contribution in [0, 0.1) is 10.1 Å². The van der Waals surface area contributed by atoms with Gasteiger partial charge in [-0.15, -0.1) is 0 Å². The molecule has 0 aliphatic carbocycles. The van der Waals surface area contributed by atoms with Crippen molar-refractivity contribution >= 4 is 16.8 Å². The Morgan fingerprint density at radius 2 is 1.85 bits per heavy atom. The first kappa shape index (κ1) is 13.7. The fourth-order valence-corrected chi connectivity index (χ4v) is 1.75. The molecule has 0 spiro atoms. The molecule has 0 atom stereocenters. The summed E-state index contributed by atoms with van der Waals surface area (Å²) in [5.41, 5.74) is 2.02. The lowest BCUT2D eigenvalue weighted by atomic mass is 10.2. The van der Waals surface area contributed by atoms with Crippen LogP contribution in [-0.4, -0.2) is 9.91 Å². The zero-order chi connectivity index (χ0) is 14.5. The molecule has 1 aromatic heterocycles. The summed E-state index contributed by atoms with van der Waals surface area (Å²) in [6.45, 7) is 4.00. The predicted octanol–water partition coefficient (Wildman–Crippen LogP) is 4.43. The maximum Gasteiger partial charge on any atom is 0.270 e. The summed E-state index contributed by atoms with van der Waals surface area (Å²) >= 11 is 0. The summed E-state index contributed by atoms with van der Waals surface area (Å²) in [7, 11) is 0. The van der Waals surface area contributed by atoms with Crippen molar-refractivity contribution in [3.8, 4) is 11.5 Å². The highest BCUT2D eigenvalue weighted by atomic mass is 16.6. The first-order chi connectivity index (χ1) is 9.74. The number of benzene rings is 2. The topological polar surface area (TPSA) is 69.2 Å². The number of non-ortho nitro benzene ring substituents is 1. The minimum Gasteiger partial charge on any atom is -0.436 e. The number of oxazole rings is 1. The monoisotopic (exact) mass is 270 g/mol. The maximum absolute atomic E-state index is 10.7. The van der Waals surface area contributed by atoms with Crippen LogP contribution in [0.15, 0.2) is 52.9 Å². The van der Waals surface area contributed by atoms with Gasteiger partial charge in [-0.2, -0.15) is 0 Å². The molecular formula is C15H14N2O3. The van der Waals surface area contributed by atoms with E-state index in [0.717, 1.165) is 5.52 Å². The second-order valence-corrected chi connectivity index (χ2v) is 3.79. The van der Waals surface area contributed by atoms with E-state index in [-0.39, 0.29) is 5.69 Å². The fraction of sp³-hybridized carbons (Fsp3) is 0.133. The fourth-order valence-electron chi connectivity index (χ4n) is 1.75. The van der Waals surface area contributed by atoms with Crippen molar-refractivity contribution in [3.05, 3.63) is 58.6 Å². The summed E-state index contributed by atoms with van der Waals surface area (Å²) in [6, 6.07) is 13.6. The van der Waals surface area contributed by atoms with Crippen LogP contribution in [0.4, 0.5) is 5.69 Å². The van der Waals surface area contributed by atoms with Crippen LogP contribution in [0.1, 0.15) is 13.8 Å². The number of para-hydroxylation sites is 2. The van der Waals surface area contributed by atoms with Gasteiger partial charge in [0.1, 0.15) is 5.52 Å².